The van der Waals surface area contributed by atoms with Crippen LogP contribution < -0.4 is 0 Å². The van der Waals surface area contributed by atoms with Crippen molar-refractivity contribution in [3.63, 3.8) is 0 Å². The molecular weight excluding hydrogens is 390 g/mol. The zero-order valence-corrected chi connectivity index (χ0v) is 18.8. The molecule has 2 unspecified atom stereocenters. The van der Waals surface area contributed by atoms with Crippen molar-refractivity contribution in [3.8, 4) is 0 Å². The van der Waals surface area contributed by atoms with E-state index in [2.05, 4.69) is 0 Å². The Morgan fingerprint density at radius 3 is 2.10 bits per heavy atom. The number of Topliss-reactive ketones (excluding diaryl/α,β-unsaturated/α-hetero) is 1. The lowest BCUT2D eigenvalue weighted by molar-refractivity contribution is -0.794. The summed E-state index contributed by atoms with van der Waals surface area (Å²) in [4.78, 5) is 40.5. The smallest absolute Gasteiger partial charge is 0.414 e. The summed E-state index contributed by atoms with van der Waals surface area (Å²) in [5.74, 6) is -1.09. The predicted molar refractivity (Wildman–Crippen MR) is 120 cm³/mol. The fourth-order valence-electron chi connectivity index (χ4n) is 4.35. The van der Waals surface area contributed by atoms with Gasteiger partial charge >= 0.3 is 12.0 Å². The number of nitrogens with zero attached hydrogens (tertiary/aromatic N) is 1. The monoisotopic (exact) mass is 422 g/mol. The lowest BCUT2D eigenvalue weighted by atomic mass is 9.89. The van der Waals surface area contributed by atoms with Gasteiger partial charge in [0.2, 0.25) is 0 Å². The molecular formula is C26H32NO4+. The molecule has 3 rings (SSSR count). The molecule has 164 valence electrons. The molecule has 1 aliphatic heterocycles. The van der Waals surface area contributed by atoms with Gasteiger partial charge in [0.25, 0.3) is 0 Å². The average Bonchev–Trinajstić information content (AvgIpc) is 3.13. The number of hydrogen-bond acceptors (Lipinski definition) is 4. The van der Waals surface area contributed by atoms with E-state index in [1.807, 2.05) is 55.5 Å². The number of ether oxygens (including phenoxy) is 1. The van der Waals surface area contributed by atoms with Crippen molar-refractivity contribution >= 4 is 17.8 Å². The first kappa shape index (κ1) is 22.9. The third-order valence-corrected chi connectivity index (χ3v) is 5.98. The molecule has 0 bridgehead atoms. The quantitative estimate of drug-likeness (QED) is 0.471. The van der Waals surface area contributed by atoms with Crippen molar-refractivity contribution in [1.29, 1.82) is 0 Å². The molecule has 0 saturated carbocycles. The molecule has 0 aliphatic carbocycles. The van der Waals surface area contributed by atoms with E-state index in [0.29, 0.717) is 12.1 Å². The Balaban J connectivity index is 2.01. The molecule has 2 aromatic rings. The zero-order chi connectivity index (χ0) is 22.6. The predicted octanol–water partition coefficient (Wildman–Crippen LogP) is 5.50. The van der Waals surface area contributed by atoms with Crippen molar-refractivity contribution in [2.45, 2.75) is 64.5 Å². The van der Waals surface area contributed by atoms with Crippen LogP contribution in [-0.2, 0) is 9.53 Å². The van der Waals surface area contributed by atoms with Crippen LogP contribution in [-0.4, -0.2) is 40.5 Å². The molecule has 2 aromatic carbocycles. The summed E-state index contributed by atoms with van der Waals surface area (Å²) in [5, 5.41) is 0. The standard InChI is InChI=1S/C26H32NO4/c1-19-12-11-17-27(19,25(30)31-26(2,3)4)24(29)22(20-13-7-5-8-14-20)18-23(28)21-15-9-6-10-16-21/h5-10,13-16,19,22H,11-12,17-18H2,1-4H3/q+1/t19-,22?,27?/m1/s1. The number of amides is 2. The molecule has 2 amide bonds. The van der Waals surface area contributed by atoms with Crippen molar-refractivity contribution in [1.82, 2.24) is 0 Å². The van der Waals surface area contributed by atoms with Crippen LogP contribution in [0.15, 0.2) is 60.7 Å². The highest BCUT2D eigenvalue weighted by molar-refractivity contribution is 6.00. The second-order valence-corrected chi connectivity index (χ2v) is 9.36. The molecule has 5 nitrogen and oxygen atoms in total. The van der Waals surface area contributed by atoms with E-state index in [-0.39, 0.29) is 28.6 Å². The van der Waals surface area contributed by atoms with E-state index in [0.717, 1.165) is 18.4 Å². The first-order valence-electron chi connectivity index (χ1n) is 10.9. The van der Waals surface area contributed by atoms with Crippen molar-refractivity contribution in [3.05, 3.63) is 71.8 Å². The van der Waals surface area contributed by atoms with Gasteiger partial charge in [-0.2, -0.15) is 9.28 Å². The molecule has 1 heterocycles. The minimum absolute atomic E-state index is 0.0162. The topological polar surface area (TPSA) is 60.4 Å². The first-order chi connectivity index (χ1) is 14.6. The minimum atomic E-state index is -0.720. The summed E-state index contributed by atoms with van der Waals surface area (Å²) in [7, 11) is 0. The summed E-state index contributed by atoms with van der Waals surface area (Å²) in [5.41, 5.74) is 0.610. The van der Waals surface area contributed by atoms with Crippen LogP contribution in [0.1, 0.15) is 68.8 Å². The number of quaternary nitrogens is 1. The van der Waals surface area contributed by atoms with Crippen LogP contribution in [0.3, 0.4) is 0 Å². The van der Waals surface area contributed by atoms with Crippen LogP contribution in [0.5, 0.6) is 0 Å². The first-order valence-corrected chi connectivity index (χ1v) is 10.9. The third kappa shape index (κ3) is 4.93. The molecule has 31 heavy (non-hydrogen) atoms. The summed E-state index contributed by atoms with van der Waals surface area (Å²) < 4.78 is 5.36. The number of ketones is 1. The highest BCUT2D eigenvalue weighted by Gasteiger charge is 2.57. The number of benzene rings is 2. The van der Waals surface area contributed by atoms with Gasteiger partial charge in [0.05, 0.1) is 6.54 Å². The van der Waals surface area contributed by atoms with Gasteiger partial charge in [-0.15, -0.1) is 0 Å². The molecule has 0 spiro atoms. The summed E-state index contributed by atoms with van der Waals surface area (Å²) in [6, 6.07) is 18.1. The van der Waals surface area contributed by atoms with Gasteiger partial charge in [-0.05, 0) is 33.3 Å². The van der Waals surface area contributed by atoms with Gasteiger partial charge in [-0.3, -0.25) is 4.79 Å². The maximum absolute atomic E-state index is 14.1. The Hall–Kier alpha value is -2.79. The third-order valence-electron chi connectivity index (χ3n) is 5.98. The van der Waals surface area contributed by atoms with Gasteiger partial charge in [0.15, 0.2) is 5.78 Å². The highest BCUT2D eigenvalue weighted by atomic mass is 16.6. The van der Waals surface area contributed by atoms with Crippen LogP contribution in [0.2, 0.25) is 0 Å². The molecule has 0 N–H and O–H groups in total. The number of likely N-dealkylation sites (tertiary alicyclic amines) is 1. The van der Waals surface area contributed by atoms with Crippen molar-refractivity contribution in [2.75, 3.05) is 6.54 Å². The maximum Gasteiger partial charge on any atom is 0.524 e. The lowest BCUT2D eigenvalue weighted by Gasteiger charge is -2.36. The normalized spacial score (nSPS) is 22.0. The van der Waals surface area contributed by atoms with Crippen molar-refractivity contribution < 1.29 is 23.6 Å². The van der Waals surface area contributed by atoms with Gasteiger partial charge < -0.3 is 4.74 Å². The van der Waals surface area contributed by atoms with E-state index in [1.165, 1.54) is 0 Å². The Bertz CT molecular complexity index is 933. The van der Waals surface area contributed by atoms with Gasteiger partial charge in [-0.1, -0.05) is 60.7 Å². The SMILES string of the molecule is C[C@@H]1CCC[N+]1(C(=O)OC(C)(C)C)C(=O)C(CC(=O)c1ccccc1)c1ccccc1. The molecule has 5 heteroatoms. The largest absolute Gasteiger partial charge is 0.524 e. The summed E-state index contributed by atoms with van der Waals surface area (Å²) in [6.07, 6.45) is 1.03. The molecule has 1 fully saturated rings. The Kier molecular flexibility index (Phi) is 6.75. The van der Waals surface area contributed by atoms with Gasteiger partial charge in [0.1, 0.15) is 17.6 Å². The van der Waals surface area contributed by atoms with Gasteiger partial charge in [-0.25, -0.2) is 4.79 Å². The summed E-state index contributed by atoms with van der Waals surface area (Å²) in [6.45, 7) is 7.74. The van der Waals surface area contributed by atoms with Crippen LogP contribution >= 0.6 is 0 Å². The zero-order valence-electron chi connectivity index (χ0n) is 18.8. The Labute approximate surface area is 184 Å². The minimum Gasteiger partial charge on any atom is -0.414 e. The second-order valence-electron chi connectivity index (χ2n) is 9.36. The van der Waals surface area contributed by atoms with Crippen molar-refractivity contribution in [2.24, 2.45) is 0 Å². The average molecular weight is 423 g/mol. The number of rotatable bonds is 5. The molecule has 1 aliphatic rings. The van der Waals surface area contributed by atoms with Crippen LogP contribution in [0.25, 0.3) is 0 Å². The second kappa shape index (κ2) is 9.15. The number of carbonyl (C=O) groups excluding carboxylic acids is 3. The molecule has 3 atom stereocenters. The Morgan fingerprint density at radius 1 is 1.00 bits per heavy atom. The fraction of sp³-hybridized carbons (Fsp3) is 0.423. The van der Waals surface area contributed by atoms with E-state index < -0.39 is 17.6 Å². The van der Waals surface area contributed by atoms with Gasteiger partial charge in [0, 0.05) is 24.8 Å². The summed E-state index contributed by atoms with van der Waals surface area (Å²) >= 11 is 0. The molecule has 1 saturated heterocycles. The molecule has 0 radical (unpaired) electrons. The number of imide groups is 1. The number of carbonyl (C=O) groups is 3. The molecule has 0 aromatic heterocycles. The van der Waals surface area contributed by atoms with Crippen LogP contribution in [0, 0.1) is 0 Å². The maximum atomic E-state index is 14.1. The lowest BCUT2D eigenvalue weighted by Crippen LogP contribution is -2.61. The van der Waals surface area contributed by atoms with E-state index in [1.54, 1.807) is 32.9 Å². The van der Waals surface area contributed by atoms with E-state index >= 15 is 0 Å². The highest BCUT2D eigenvalue weighted by Crippen LogP contribution is 2.36. The fourth-order valence-corrected chi connectivity index (χ4v) is 4.35. The van der Waals surface area contributed by atoms with Crippen LogP contribution in [0.4, 0.5) is 4.79 Å². The number of hydrogen-bond donors (Lipinski definition) is 0. The van der Waals surface area contributed by atoms with E-state index in [9.17, 15) is 14.4 Å². The van der Waals surface area contributed by atoms with E-state index in [4.69, 9.17) is 4.74 Å². The Morgan fingerprint density at radius 2 is 1.58 bits per heavy atom.